The first kappa shape index (κ1) is 26.2. The molecule has 2 aromatic heterocycles. The summed E-state index contributed by atoms with van der Waals surface area (Å²) in [5.74, 6) is 5.79. The minimum absolute atomic E-state index is 0.0459. The Kier molecular flexibility index (Phi) is 8.01. The van der Waals surface area contributed by atoms with Crippen molar-refractivity contribution in [1.29, 1.82) is 0 Å². The second kappa shape index (κ2) is 11.9. The molecule has 4 aromatic rings. The van der Waals surface area contributed by atoms with E-state index in [1.165, 1.54) is 14.7 Å². The van der Waals surface area contributed by atoms with Gasteiger partial charge in [-0.15, -0.1) is 0 Å². The topological polar surface area (TPSA) is 105 Å². The van der Waals surface area contributed by atoms with Crippen LogP contribution in [0.15, 0.2) is 70.6 Å². The maximum atomic E-state index is 13.3. The lowest BCUT2D eigenvalue weighted by Crippen LogP contribution is -2.35. The highest BCUT2D eigenvalue weighted by atomic mass is 19.1. The number of H-pyrrole nitrogens is 1. The van der Waals surface area contributed by atoms with Crippen molar-refractivity contribution in [2.45, 2.75) is 19.6 Å². The quantitative estimate of drug-likeness (QED) is 0.356. The van der Waals surface area contributed by atoms with Gasteiger partial charge in [-0.3, -0.25) is 18.8 Å². The predicted molar refractivity (Wildman–Crippen MR) is 144 cm³/mol. The van der Waals surface area contributed by atoms with E-state index in [0.29, 0.717) is 11.3 Å². The largest absolute Gasteiger partial charge is 0.502 e. The number of morpholine rings is 1. The number of aromatic hydroxyl groups is 1. The van der Waals surface area contributed by atoms with Gasteiger partial charge in [-0.25, -0.2) is 14.2 Å². The number of alkyl halides is 1. The van der Waals surface area contributed by atoms with Gasteiger partial charge < -0.3 is 14.8 Å². The predicted octanol–water partition coefficient (Wildman–Crippen LogP) is 2.36. The Labute approximate surface area is 224 Å². The van der Waals surface area contributed by atoms with E-state index < -0.39 is 23.7 Å². The molecule has 1 saturated heterocycles. The Morgan fingerprint density at radius 2 is 1.64 bits per heavy atom. The van der Waals surface area contributed by atoms with Crippen LogP contribution in [0.5, 0.6) is 5.75 Å². The lowest BCUT2D eigenvalue weighted by molar-refractivity contribution is 0.0342. The summed E-state index contributed by atoms with van der Waals surface area (Å²) >= 11 is 0. The molecule has 1 aliphatic heterocycles. The van der Waals surface area contributed by atoms with Gasteiger partial charge in [0.1, 0.15) is 12.4 Å². The fourth-order valence-corrected chi connectivity index (χ4v) is 4.46. The first-order chi connectivity index (χ1) is 19.0. The van der Waals surface area contributed by atoms with Crippen LogP contribution in [-0.4, -0.2) is 62.1 Å². The van der Waals surface area contributed by atoms with Crippen molar-refractivity contribution in [3.63, 3.8) is 0 Å². The minimum Gasteiger partial charge on any atom is -0.502 e. The Morgan fingerprint density at radius 1 is 0.974 bits per heavy atom. The number of halogens is 1. The average Bonchev–Trinajstić information content (AvgIpc) is 3.26. The standard InChI is InChI=1S/C29H28FN5O4/c30-11-12-35-26(19-34(29(35)38)18-25-27(36)28(37)32-20-31-25)24-9-7-22(8-10-24)2-1-21-3-5-23(6-4-21)17-33-13-15-39-16-14-33/h3-10,19-20,36H,11-18H2,(H,31,32,37). The van der Waals surface area contributed by atoms with Crippen molar-refractivity contribution >= 4 is 0 Å². The maximum Gasteiger partial charge on any atom is 0.329 e. The summed E-state index contributed by atoms with van der Waals surface area (Å²) in [6.07, 6.45) is 2.72. The molecule has 3 heterocycles. The molecule has 0 spiro atoms. The summed E-state index contributed by atoms with van der Waals surface area (Å²) in [5.41, 5.74) is 3.05. The highest BCUT2D eigenvalue weighted by Crippen LogP contribution is 2.20. The number of aromatic amines is 1. The van der Waals surface area contributed by atoms with Gasteiger partial charge in [0.15, 0.2) is 0 Å². The summed E-state index contributed by atoms with van der Waals surface area (Å²) < 4.78 is 21.3. The molecule has 200 valence electrons. The van der Waals surface area contributed by atoms with Crippen LogP contribution in [0, 0.1) is 11.8 Å². The summed E-state index contributed by atoms with van der Waals surface area (Å²) in [5, 5.41) is 9.98. The fourth-order valence-electron chi connectivity index (χ4n) is 4.46. The molecule has 0 atom stereocenters. The summed E-state index contributed by atoms with van der Waals surface area (Å²) in [6.45, 7) is 3.37. The number of ether oxygens (including phenoxy) is 1. The van der Waals surface area contributed by atoms with Crippen molar-refractivity contribution in [1.82, 2.24) is 24.0 Å². The van der Waals surface area contributed by atoms with Gasteiger partial charge in [0.05, 0.1) is 38.3 Å². The van der Waals surface area contributed by atoms with Gasteiger partial charge in [-0.05, 0) is 35.4 Å². The van der Waals surface area contributed by atoms with Crippen LogP contribution in [0.2, 0.25) is 0 Å². The van der Waals surface area contributed by atoms with Gasteiger partial charge in [0, 0.05) is 37.0 Å². The number of hydrogen-bond acceptors (Lipinski definition) is 6. The van der Waals surface area contributed by atoms with E-state index in [1.54, 1.807) is 6.20 Å². The van der Waals surface area contributed by atoms with Crippen molar-refractivity contribution in [2.24, 2.45) is 0 Å². The molecule has 9 nitrogen and oxygen atoms in total. The van der Waals surface area contributed by atoms with E-state index in [-0.39, 0.29) is 18.8 Å². The molecule has 0 aliphatic carbocycles. The Bertz CT molecular complexity index is 1610. The minimum atomic E-state index is -0.722. The van der Waals surface area contributed by atoms with E-state index in [9.17, 15) is 19.1 Å². The van der Waals surface area contributed by atoms with Gasteiger partial charge in [0.2, 0.25) is 5.75 Å². The Balaban J connectivity index is 1.32. The molecule has 39 heavy (non-hydrogen) atoms. The SMILES string of the molecule is O=c1[nH]cnc(Cn2cc(-c3ccc(C#Cc4ccc(CN5CCOCC5)cc4)cc3)n(CCF)c2=O)c1O. The number of imidazole rings is 1. The van der Waals surface area contributed by atoms with Crippen molar-refractivity contribution in [3.8, 4) is 28.8 Å². The molecule has 2 aromatic carbocycles. The summed E-state index contributed by atoms with van der Waals surface area (Å²) in [6, 6.07) is 15.6. The highest BCUT2D eigenvalue weighted by molar-refractivity contribution is 5.61. The van der Waals surface area contributed by atoms with E-state index in [1.807, 2.05) is 36.4 Å². The van der Waals surface area contributed by atoms with Crippen molar-refractivity contribution < 1.29 is 14.2 Å². The Hall–Kier alpha value is -4.46. The van der Waals surface area contributed by atoms with Crippen LogP contribution >= 0.6 is 0 Å². The average molecular weight is 530 g/mol. The monoisotopic (exact) mass is 529 g/mol. The third kappa shape index (κ3) is 6.17. The number of rotatable bonds is 7. The second-order valence-electron chi connectivity index (χ2n) is 9.21. The van der Waals surface area contributed by atoms with E-state index in [0.717, 1.165) is 50.3 Å². The van der Waals surface area contributed by atoms with Gasteiger partial charge in [-0.1, -0.05) is 36.1 Å². The van der Waals surface area contributed by atoms with E-state index in [4.69, 9.17) is 4.74 Å². The Morgan fingerprint density at radius 3 is 2.31 bits per heavy atom. The first-order valence-electron chi connectivity index (χ1n) is 12.6. The molecule has 0 amide bonds. The maximum absolute atomic E-state index is 13.3. The van der Waals surface area contributed by atoms with E-state index in [2.05, 4.69) is 38.8 Å². The van der Waals surface area contributed by atoms with Gasteiger partial charge >= 0.3 is 5.69 Å². The number of hydrogen-bond donors (Lipinski definition) is 2. The van der Waals surface area contributed by atoms with Crippen molar-refractivity contribution in [2.75, 3.05) is 33.0 Å². The zero-order valence-electron chi connectivity index (χ0n) is 21.3. The summed E-state index contributed by atoms with van der Waals surface area (Å²) in [7, 11) is 0. The smallest absolute Gasteiger partial charge is 0.329 e. The zero-order valence-corrected chi connectivity index (χ0v) is 21.3. The fraction of sp³-hybridized carbons (Fsp3) is 0.276. The lowest BCUT2D eigenvalue weighted by atomic mass is 10.1. The van der Waals surface area contributed by atoms with Gasteiger partial charge in [0.25, 0.3) is 5.56 Å². The number of nitrogens with zero attached hydrogens (tertiary/aromatic N) is 4. The third-order valence-corrected chi connectivity index (χ3v) is 6.57. The molecular weight excluding hydrogens is 501 g/mol. The van der Waals surface area contributed by atoms with Crippen LogP contribution in [0.1, 0.15) is 22.4 Å². The first-order valence-corrected chi connectivity index (χ1v) is 12.6. The molecule has 0 bridgehead atoms. The molecule has 5 rings (SSSR count). The van der Waals surface area contributed by atoms with Crippen LogP contribution in [-0.2, 0) is 24.4 Å². The molecule has 0 saturated carbocycles. The molecule has 10 heteroatoms. The summed E-state index contributed by atoms with van der Waals surface area (Å²) in [4.78, 5) is 33.2. The highest BCUT2D eigenvalue weighted by Gasteiger charge is 2.16. The molecule has 2 N–H and O–H groups in total. The number of benzene rings is 2. The molecule has 0 radical (unpaired) electrons. The molecular formula is C29H28FN5O4. The molecule has 0 unspecified atom stereocenters. The lowest BCUT2D eigenvalue weighted by Gasteiger charge is -2.26. The van der Waals surface area contributed by atoms with Crippen LogP contribution in [0.25, 0.3) is 11.3 Å². The molecule has 1 fully saturated rings. The number of nitrogens with one attached hydrogen (secondary N) is 1. The molecule has 1 aliphatic rings. The van der Waals surface area contributed by atoms with Gasteiger partial charge in [-0.2, -0.15) is 0 Å². The van der Waals surface area contributed by atoms with E-state index >= 15 is 0 Å². The van der Waals surface area contributed by atoms with Crippen molar-refractivity contribution in [3.05, 3.63) is 104 Å². The van der Waals surface area contributed by atoms with Crippen LogP contribution < -0.4 is 11.2 Å². The third-order valence-electron chi connectivity index (χ3n) is 6.57. The van der Waals surface area contributed by atoms with Crippen LogP contribution in [0.3, 0.4) is 0 Å². The zero-order chi connectivity index (χ0) is 27.2. The second-order valence-corrected chi connectivity index (χ2v) is 9.21. The van der Waals surface area contributed by atoms with Crippen LogP contribution in [0.4, 0.5) is 4.39 Å². The number of aromatic nitrogens is 4. The normalized spacial score (nSPS) is 13.7.